The van der Waals surface area contributed by atoms with E-state index in [-0.39, 0.29) is 5.82 Å². The van der Waals surface area contributed by atoms with Crippen molar-refractivity contribution < 1.29 is 4.39 Å². The first-order valence-electron chi connectivity index (χ1n) is 3.96. The normalized spacial score (nSPS) is 22.0. The van der Waals surface area contributed by atoms with Gasteiger partial charge in [-0.15, -0.1) is 0 Å². The topological polar surface area (TPSA) is 12.0 Å². The van der Waals surface area contributed by atoms with E-state index >= 15 is 0 Å². The van der Waals surface area contributed by atoms with E-state index in [9.17, 15) is 4.39 Å². The molecule has 0 bridgehead atoms. The van der Waals surface area contributed by atoms with Crippen LogP contribution in [0.3, 0.4) is 0 Å². The van der Waals surface area contributed by atoms with Crippen molar-refractivity contribution in [3.63, 3.8) is 0 Å². The van der Waals surface area contributed by atoms with Gasteiger partial charge in [-0.05, 0) is 47.2 Å². The minimum Gasteiger partial charge on any atom is -0.310 e. The molecule has 1 nitrogen and oxygen atoms in total. The quantitative estimate of drug-likeness (QED) is 0.777. The zero-order chi connectivity index (χ0) is 8.55. The minimum atomic E-state index is -0.109. The Kier molecular flexibility index (Phi) is 2.32. The summed E-state index contributed by atoms with van der Waals surface area (Å²) < 4.78 is 13.8. The molecule has 0 radical (unpaired) electrons. The van der Waals surface area contributed by atoms with Crippen molar-refractivity contribution in [3.8, 4) is 0 Å². The van der Waals surface area contributed by atoms with E-state index in [4.69, 9.17) is 0 Å². The van der Waals surface area contributed by atoms with Crippen molar-refractivity contribution in [3.05, 3.63) is 33.1 Å². The molecule has 1 aliphatic rings. The molecule has 1 atom stereocenters. The van der Waals surface area contributed by atoms with E-state index in [0.717, 1.165) is 22.1 Å². The number of halogens is 2. The van der Waals surface area contributed by atoms with Crippen LogP contribution in [0, 0.1) is 9.39 Å². The third-order valence-electron chi connectivity index (χ3n) is 2.18. The van der Waals surface area contributed by atoms with Gasteiger partial charge in [0.1, 0.15) is 5.82 Å². The fourth-order valence-electron chi connectivity index (χ4n) is 1.34. The summed E-state index contributed by atoms with van der Waals surface area (Å²) in [6, 6.07) is 5.64. The van der Waals surface area contributed by atoms with Gasteiger partial charge in [-0.25, -0.2) is 4.39 Å². The Hall–Kier alpha value is -0.160. The first-order chi connectivity index (χ1) is 5.79. The van der Waals surface area contributed by atoms with Crippen LogP contribution in [0.1, 0.15) is 18.0 Å². The zero-order valence-electron chi connectivity index (χ0n) is 6.48. The fraction of sp³-hybridized carbons (Fsp3) is 0.333. The van der Waals surface area contributed by atoms with Crippen LogP contribution < -0.4 is 5.32 Å². The lowest BCUT2D eigenvalue weighted by molar-refractivity contribution is 0.380. The van der Waals surface area contributed by atoms with Crippen molar-refractivity contribution in [1.82, 2.24) is 5.32 Å². The van der Waals surface area contributed by atoms with Gasteiger partial charge in [0.15, 0.2) is 0 Å². The molecule has 0 aliphatic carbocycles. The van der Waals surface area contributed by atoms with Crippen LogP contribution in [0.4, 0.5) is 4.39 Å². The number of benzene rings is 1. The molecule has 1 heterocycles. The number of rotatable bonds is 1. The molecule has 1 aromatic carbocycles. The highest BCUT2D eigenvalue weighted by Gasteiger charge is 2.21. The predicted octanol–water partition coefficient (Wildman–Crippen LogP) is 2.46. The largest absolute Gasteiger partial charge is 0.310 e. The summed E-state index contributed by atoms with van der Waals surface area (Å²) in [4.78, 5) is 0. The maximum Gasteiger partial charge on any atom is 0.136 e. The van der Waals surface area contributed by atoms with Crippen molar-refractivity contribution in [2.24, 2.45) is 0 Å². The first-order valence-corrected chi connectivity index (χ1v) is 5.04. The van der Waals surface area contributed by atoms with Crippen LogP contribution in [0.2, 0.25) is 0 Å². The molecule has 3 heteroatoms. The molecule has 12 heavy (non-hydrogen) atoms. The average molecular weight is 277 g/mol. The van der Waals surface area contributed by atoms with E-state index in [1.807, 2.05) is 6.07 Å². The van der Waals surface area contributed by atoms with Gasteiger partial charge in [0, 0.05) is 6.04 Å². The molecular formula is C9H9FIN. The predicted molar refractivity (Wildman–Crippen MR) is 54.5 cm³/mol. The standard InChI is InChI=1S/C9H9FIN/c10-7-3-1-2-6(9(7)11)8-4-5-12-8/h1-3,8,12H,4-5H2/t8-/m1/s1. The van der Waals surface area contributed by atoms with E-state index in [1.165, 1.54) is 6.07 Å². The fourth-order valence-corrected chi connectivity index (χ4v) is 2.08. The first kappa shape index (κ1) is 8.44. The highest BCUT2D eigenvalue weighted by molar-refractivity contribution is 14.1. The molecule has 64 valence electrons. The Morgan fingerprint density at radius 1 is 1.50 bits per heavy atom. The van der Waals surface area contributed by atoms with Crippen LogP contribution in [-0.2, 0) is 0 Å². The van der Waals surface area contributed by atoms with Crippen LogP contribution in [0.25, 0.3) is 0 Å². The van der Waals surface area contributed by atoms with Crippen molar-refractivity contribution in [2.45, 2.75) is 12.5 Å². The van der Waals surface area contributed by atoms with E-state index in [1.54, 1.807) is 6.07 Å². The summed E-state index contributed by atoms with van der Waals surface area (Å²) in [5.41, 5.74) is 1.10. The van der Waals surface area contributed by atoms with Gasteiger partial charge in [-0.2, -0.15) is 0 Å². The van der Waals surface area contributed by atoms with E-state index in [0.29, 0.717) is 6.04 Å². The van der Waals surface area contributed by atoms with Gasteiger partial charge in [-0.3, -0.25) is 0 Å². The van der Waals surface area contributed by atoms with Crippen molar-refractivity contribution >= 4 is 22.6 Å². The maximum absolute atomic E-state index is 13.1. The summed E-state index contributed by atoms with van der Waals surface area (Å²) in [5, 5.41) is 3.26. The highest BCUT2D eigenvalue weighted by atomic mass is 127. The van der Waals surface area contributed by atoms with Crippen LogP contribution in [0.5, 0.6) is 0 Å². The third kappa shape index (κ3) is 1.35. The Balaban J connectivity index is 2.36. The molecular weight excluding hydrogens is 268 g/mol. The van der Waals surface area contributed by atoms with Gasteiger partial charge in [0.2, 0.25) is 0 Å². The number of hydrogen-bond acceptors (Lipinski definition) is 1. The van der Waals surface area contributed by atoms with E-state index in [2.05, 4.69) is 27.9 Å². The molecule has 1 saturated heterocycles. The maximum atomic E-state index is 13.1. The van der Waals surface area contributed by atoms with E-state index < -0.39 is 0 Å². The van der Waals surface area contributed by atoms with Gasteiger partial charge in [0.25, 0.3) is 0 Å². The summed E-state index contributed by atoms with van der Waals surface area (Å²) in [7, 11) is 0. The summed E-state index contributed by atoms with van der Waals surface area (Å²) in [6.07, 6.45) is 1.12. The molecule has 0 aromatic heterocycles. The SMILES string of the molecule is Fc1cccc([C@H]2CCN2)c1I. The number of hydrogen-bond donors (Lipinski definition) is 1. The molecule has 0 unspecified atom stereocenters. The second-order valence-corrected chi connectivity index (χ2v) is 4.02. The lowest BCUT2D eigenvalue weighted by Gasteiger charge is -2.28. The zero-order valence-corrected chi connectivity index (χ0v) is 8.64. The van der Waals surface area contributed by atoms with Gasteiger partial charge in [-0.1, -0.05) is 12.1 Å². The Morgan fingerprint density at radius 3 is 2.83 bits per heavy atom. The summed E-state index contributed by atoms with van der Waals surface area (Å²) in [6.45, 7) is 1.05. The second-order valence-electron chi connectivity index (χ2n) is 2.94. The molecule has 0 saturated carbocycles. The smallest absolute Gasteiger partial charge is 0.136 e. The van der Waals surface area contributed by atoms with Crippen LogP contribution in [-0.4, -0.2) is 6.54 Å². The lowest BCUT2D eigenvalue weighted by atomic mass is 9.98. The lowest BCUT2D eigenvalue weighted by Crippen LogP contribution is -2.35. The molecule has 0 amide bonds. The second kappa shape index (κ2) is 3.30. The molecule has 2 rings (SSSR count). The number of nitrogens with one attached hydrogen (secondary N) is 1. The molecule has 1 aliphatic heterocycles. The highest BCUT2D eigenvalue weighted by Crippen LogP contribution is 2.28. The molecule has 1 aromatic rings. The molecule has 1 fully saturated rings. The summed E-state index contributed by atoms with van der Waals surface area (Å²) >= 11 is 2.06. The average Bonchev–Trinajstić information content (AvgIpc) is 1.95. The van der Waals surface area contributed by atoms with Crippen molar-refractivity contribution in [2.75, 3.05) is 6.54 Å². The monoisotopic (exact) mass is 277 g/mol. The Morgan fingerprint density at radius 2 is 2.25 bits per heavy atom. The molecule has 1 N–H and O–H groups in total. The van der Waals surface area contributed by atoms with Crippen molar-refractivity contribution in [1.29, 1.82) is 0 Å². The van der Waals surface area contributed by atoms with Crippen LogP contribution >= 0.6 is 22.6 Å². The van der Waals surface area contributed by atoms with Crippen LogP contribution in [0.15, 0.2) is 18.2 Å². The van der Waals surface area contributed by atoms with Gasteiger partial charge >= 0.3 is 0 Å². The summed E-state index contributed by atoms with van der Waals surface area (Å²) in [5.74, 6) is -0.109. The van der Waals surface area contributed by atoms with Gasteiger partial charge < -0.3 is 5.32 Å². The Bertz CT molecular complexity index is 297. The third-order valence-corrected chi connectivity index (χ3v) is 3.32. The molecule has 0 spiro atoms. The Labute approximate surface area is 84.5 Å². The van der Waals surface area contributed by atoms with Gasteiger partial charge in [0.05, 0.1) is 3.57 Å². The minimum absolute atomic E-state index is 0.109.